The van der Waals surface area contributed by atoms with Crippen molar-refractivity contribution in [3.8, 4) is 5.75 Å². The summed E-state index contributed by atoms with van der Waals surface area (Å²) in [4.78, 5) is 20.5. The van der Waals surface area contributed by atoms with Crippen molar-refractivity contribution < 1.29 is 32.4 Å². The fraction of sp³-hybridized carbons (Fsp3) is 0.364. The van der Waals surface area contributed by atoms with E-state index in [-0.39, 0.29) is 24.5 Å². The normalized spacial score (nSPS) is 11.2. The van der Waals surface area contributed by atoms with Crippen LogP contribution in [0, 0.1) is 10.1 Å². The lowest BCUT2D eigenvalue weighted by Crippen LogP contribution is -2.19. The lowest BCUT2D eigenvalue weighted by Gasteiger charge is -2.09. The van der Waals surface area contributed by atoms with Crippen molar-refractivity contribution in [2.45, 2.75) is 6.18 Å². The molecule has 0 N–H and O–H groups in total. The van der Waals surface area contributed by atoms with E-state index in [1.54, 1.807) is 0 Å². The number of benzene rings is 1. The van der Waals surface area contributed by atoms with Gasteiger partial charge in [-0.05, 0) is 12.1 Å². The molecule has 0 aromatic heterocycles. The van der Waals surface area contributed by atoms with Gasteiger partial charge in [0.15, 0.2) is 5.75 Å². The molecule has 110 valence electrons. The highest BCUT2D eigenvalue weighted by Crippen LogP contribution is 2.27. The Labute approximate surface area is 111 Å². The molecule has 1 rings (SSSR count). The van der Waals surface area contributed by atoms with Crippen molar-refractivity contribution in [2.75, 3.05) is 19.8 Å². The molecule has 0 heterocycles. The minimum Gasteiger partial charge on any atom is -0.484 e. The van der Waals surface area contributed by atoms with Gasteiger partial charge < -0.3 is 9.47 Å². The summed E-state index contributed by atoms with van der Waals surface area (Å²) in [5.74, 6) is -0.142. The second-order valence-electron chi connectivity index (χ2n) is 3.62. The van der Waals surface area contributed by atoms with E-state index in [4.69, 9.17) is 4.74 Å². The van der Waals surface area contributed by atoms with Crippen LogP contribution in [0.5, 0.6) is 5.75 Å². The first-order valence-corrected chi connectivity index (χ1v) is 5.34. The first kappa shape index (κ1) is 15.9. The quantitative estimate of drug-likeness (QED) is 0.334. The van der Waals surface area contributed by atoms with E-state index in [1.165, 1.54) is 12.1 Å². The van der Waals surface area contributed by atoms with Gasteiger partial charge >= 0.3 is 11.9 Å². The van der Waals surface area contributed by atoms with Crippen molar-refractivity contribution in [1.82, 2.24) is 0 Å². The monoisotopic (exact) mass is 293 g/mol. The first-order chi connectivity index (χ1) is 9.33. The van der Waals surface area contributed by atoms with Gasteiger partial charge in [0.25, 0.3) is 0 Å². The number of ether oxygens (including phenoxy) is 2. The second kappa shape index (κ2) is 6.85. The molecular formula is C11H10F3NO5. The molecule has 0 saturated carbocycles. The van der Waals surface area contributed by atoms with Crippen molar-refractivity contribution in [2.24, 2.45) is 0 Å². The van der Waals surface area contributed by atoms with Crippen LogP contribution < -0.4 is 4.74 Å². The number of nitrogens with zero attached hydrogens (tertiary/aromatic N) is 1. The van der Waals surface area contributed by atoms with Crippen LogP contribution in [0.15, 0.2) is 18.2 Å². The van der Waals surface area contributed by atoms with Crippen LogP contribution in [0.3, 0.4) is 0 Å². The number of nitro groups is 1. The number of rotatable bonds is 7. The molecule has 0 fully saturated rings. The molecule has 0 saturated heterocycles. The van der Waals surface area contributed by atoms with Crippen molar-refractivity contribution >= 4 is 12.0 Å². The molecule has 9 heteroatoms. The zero-order valence-electron chi connectivity index (χ0n) is 10.1. The molecule has 0 radical (unpaired) electrons. The van der Waals surface area contributed by atoms with Gasteiger partial charge in [0, 0.05) is 11.6 Å². The average molecular weight is 293 g/mol. The highest BCUT2D eigenvalue weighted by Gasteiger charge is 2.27. The van der Waals surface area contributed by atoms with Crippen molar-refractivity contribution in [3.05, 3.63) is 33.9 Å². The minimum absolute atomic E-state index is 0.0948. The van der Waals surface area contributed by atoms with Crippen LogP contribution in [-0.2, 0) is 4.74 Å². The second-order valence-corrected chi connectivity index (χ2v) is 3.62. The number of hydrogen-bond acceptors (Lipinski definition) is 5. The highest BCUT2D eigenvalue weighted by atomic mass is 19.4. The molecule has 0 spiro atoms. The lowest BCUT2D eigenvalue weighted by atomic mass is 10.2. The zero-order chi connectivity index (χ0) is 15.2. The molecule has 1 aromatic carbocycles. The van der Waals surface area contributed by atoms with Crippen LogP contribution in [0.2, 0.25) is 0 Å². The van der Waals surface area contributed by atoms with E-state index in [1.807, 2.05) is 0 Å². The van der Waals surface area contributed by atoms with E-state index in [2.05, 4.69) is 4.74 Å². The molecule has 0 aliphatic rings. The Morgan fingerprint density at radius 1 is 1.30 bits per heavy atom. The maximum atomic E-state index is 11.8. The molecule has 1 aromatic rings. The Hall–Kier alpha value is -2.16. The summed E-state index contributed by atoms with van der Waals surface area (Å²) in [5.41, 5.74) is -0.345. The zero-order valence-corrected chi connectivity index (χ0v) is 10.1. The Kier molecular flexibility index (Phi) is 5.44. The fourth-order valence-corrected chi connectivity index (χ4v) is 1.27. The summed E-state index contributed by atoms with van der Waals surface area (Å²) in [6, 6.07) is 3.51. The Bertz CT molecular complexity index is 489. The van der Waals surface area contributed by atoms with Crippen LogP contribution in [-0.4, -0.2) is 37.2 Å². The molecule has 6 nitrogen and oxygen atoms in total. The van der Waals surface area contributed by atoms with Crippen molar-refractivity contribution in [3.63, 3.8) is 0 Å². The molecule has 0 unspecified atom stereocenters. The molecule has 0 bridgehead atoms. The summed E-state index contributed by atoms with van der Waals surface area (Å²) < 4.78 is 44.6. The number of carbonyl (C=O) groups excluding carboxylic acids is 1. The predicted molar refractivity (Wildman–Crippen MR) is 60.9 cm³/mol. The standard InChI is InChI=1S/C11H10F3NO5/c12-11(13,14)7-19-3-4-20-10-2-1-8(6-16)5-9(10)15(17)18/h1-2,5-6H,3-4,7H2. The molecule has 0 aliphatic heterocycles. The van der Waals surface area contributed by atoms with E-state index >= 15 is 0 Å². The van der Waals surface area contributed by atoms with E-state index in [9.17, 15) is 28.1 Å². The van der Waals surface area contributed by atoms with Crippen LogP contribution in [0.25, 0.3) is 0 Å². The SMILES string of the molecule is O=Cc1ccc(OCCOCC(F)(F)F)c([N+](=O)[O-])c1. The maximum Gasteiger partial charge on any atom is 0.411 e. The van der Waals surface area contributed by atoms with Crippen LogP contribution in [0.4, 0.5) is 18.9 Å². The number of alkyl halides is 3. The van der Waals surface area contributed by atoms with E-state index in [0.717, 1.165) is 6.07 Å². The first-order valence-electron chi connectivity index (χ1n) is 5.34. The molecular weight excluding hydrogens is 283 g/mol. The molecule has 0 aliphatic carbocycles. The van der Waals surface area contributed by atoms with Gasteiger partial charge in [-0.3, -0.25) is 14.9 Å². The summed E-state index contributed by atoms with van der Waals surface area (Å²) in [7, 11) is 0. The topological polar surface area (TPSA) is 78.7 Å². The smallest absolute Gasteiger partial charge is 0.411 e. The van der Waals surface area contributed by atoms with Gasteiger partial charge in [0.1, 0.15) is 19.5 Å². The Morgan fingerprint density at radius 2 is 2.00 bits per heavy atom. The summed E-state index contributed by atoms with van der Waals surface area (Å²) in [6.45, 7) is -2.06. The summed E-state index contributed by atoms with van der Waals surface area (Å²) >= 11 is 0. The predicted octanol–water partition coefficient (Wildman–Crippen LogP) is 2.37. The number of carbonyl (C=O) groups is 1. The number of halogens is 3. The van der Waals surface area contributed by atoms with Gasteiger partial charge in [-0.25, -0.2) is 0 Å². The van der Waals surface area contributed by atoms with E-state index in [0.29, 0.717) is 6.29 Å². The van der Waals surface area contributed by atoms with Gasteiger partial charge in [-0.15, -0.1) is 0 Å². The molecule has 0 amide bonds. The van der Waals surface area contributed by atoms with Crippen molar-refractivity contribution in [1.29, 1.82) is 0 Å². The number of aldehydes is 1. The fourth-order valence-electron chi connectivity index (χ4n) is 1.27. The largest absolute Gasteiger partial charge is 0.484 e. The van der Waals surface area contributed by atoms with Crippen LogP contribution in [0.1, 0.15) is 10.4 Å². The average Bonchev–Trinajstić information content (AvgIpc) is 2.37. The third kappa shape index (κ3) is 5.22. The number of hydrogen-bond donors (Lipinski definition) is 0. The molecule has 0 atom stereocenters. The Morgan fingerprint density at radius 3 is 2.55 bits per heavy atom. The van der Waals surface area contributed by atoms with Gasteiger partial charge in [-0.1, -0.05) is 0 Å². The minimum atomic E-state index is -4.43. The van der Waals surface area contributed by atoms with Gasteiger partial charge in [-0.2, -0.15) is 13.2 Å². The van der Waals surface area contributed by atoms with Gasteiger partial charge in [0.05, 0.1) is 11.5 Å². The number of nitro benzene ring substituents is 1. The summed E-state index contributed by atoms with van der Waals surface area (Å²) in [5, 5.41) is 10.7. The highest BCUT2D eigenvalue weighted by molar-refractivity contribution is 5.77. The summed E-state index contributed by atoms with van der Waals surface area (Å²) in [6.07, 6.45) is -4.00. The van der Waals surface area contributed by atoms with E-state index < -0.39 is 23.4 Å². The third-order valence-electron chi connectivity index (χ3n) is 2.07. The lowest BCUT2D eigenvalue weighted by molar-refractivity contribution is -0.385. The van der Waals surface area contributed by atoms with Gasteiger partial charge in [0.2, 0.25) is 0 Å². The maximum absolute atomic E-state index is 11.8. The third-order valence-corrected chi connectivity index (χ3v) is 2.07. The van der Waals surface area contributed by atoms with Crippen LogP contribution >= 0.6 is 0 Å². The Balaban J connectivity index is 2.55. The molecule has 20 heavy (non-hydrogen) atoms.